The molecule has 130 valence electrons. The van der Waals surface area contributed by atoms with E-state index >= 15 is 0 Å². The SMILES string of the molecule is O=CC1(c2ccc(Cn3cc(C(=O)O)nn3)cc2)CC2CCCN2C1. The second-order valence-corrected chi connectivity index (χ2v) is 7.05. The van der Waals surface area contributed by atoms with Gasteiger partial charge in [0.1, 0.15) is 6.29 Å². The van der Waals surface area contributed by atoms with Crippen LogP contribution >= 0.6 is 0 Å². The number of aromatic carboxylic acids is 1. The number of nitrogens with zero attached hydrogens (tertiary/aromatic N) is 4. The van der Waals surface area contributed by atoms with Crippen LogP contribution in [0.3, 0.4) is 0 Å². The number of benzene rings is 1. The molecule has 0 aliphatic carbocycles. The Morgan fingerprint density at radius 2 is 2.16 bits per heavy atom. The van der Waals surface area contributed by atoms with Crippen molar-refractivity contribution in [1.29, 1.82) is 0 Å². The summed E-state index contributed by atoms with van der Waals surface area (Å²) >= 11 is 0. The van der Waals surface area contributed by atoms with Crippen LogP contribution in [-0.2, 0) is 16.8 Å². The van der Waals surface area contributed by atoms with E-state index in [9.17, 15) is 9.59 Å². The maximum Gasteiger partial charge on any atom is 0.358 e. The number of carbonyl (C=O) groups is 2. The van der Waals surface area contributed by atoms with Crippen LogP contribution in [0.4, 0.5) is 0 Å². The summed E-state index contributed by atoms with van der Waals surface area (Å²) in [6, 6.07) is 8.52. The fourth-order valence-electron chi connectivity index (χ4n) is 4.15. The van der Waals surface area contributed by atoms with E-state index in [1.807, 2.05) is 24.3 Å². The van der Waals surface area contributed by atoms with E-state index in [0.29, 0.717) is 12.6 Å². The van der Waals surface area contributed by atoms with Gasteiger partial charge in [0, 0.05) is 12.6 Å². The minimum atomic E-state index is -1.09. The van der Waals surface area contributed by atoms with Gasteiger partial charge in [-0.2, -0.15) is 0 Å². The Bertz CT molecular complexity index is 787. The molecule has 0 spiro atoms. The lowest BCUT2D eigenvalue weighted by molar-refractivity contribution is -0.112. The molecule has 0 saturated carbocycles. The summed E-state index contributed by atoms with van der Waals surface area (Å²) < 4.78 is 1.50. The van der Waals surface area contributed by atoms with Gasteiger partial charge in [0.15, 0.2) is 5.69 Å². The molecule has 7 heteroatoms. The molecule has 2 aromatic rings. The molecule has 3 heterocycles. The van der Waals surface area contributed by atoms with E-state index in [4.69, 9.17) is 5.11 Å². The summed E-state index contributed by atoms with van der Waals surface area (Å²) in [4.78, 5) is 25.2. The first-order valence-corrected chi connectivity index (χ1v) is 8.53. The van der Waals surface area contributed by atoms with Crippen molar-refractivity contribution in [2.75, 3.05) is 13.1 Å². The normalized spacial score (nSPS) is 25.8. The lowest BCUT2D eigenvalue weighted by Crippen LogP contribution is -2.32. The van der Waals surface area contributed by atoms with Crippen LogP contribution in [0.25, 0.3) is 0 Å². The van der Waals surface area contributed by atoms with Crippen molar-refractivity contribution in [2.45, 2.75) is 37.3 Å². The van der Waals surface area contributed by atoms with E-state index in [-0.39, 0.29) is 5.69 Å². The van der Waals surface area contributed by atoms with Crippen molar-refractivity contribution in [2.24, 2.45) is 0 Å². The number of carbonyl (C=O) groups excluding carboxylic acids is 1. The van der Waals surface area contributed by atoms with Gasteiger partial charge >= 0.3 is 5.97 Å². The first-order valence-electron chi connectivity index (χ1n) is 8.53. The fourth-order valence-corrected chi connectivity index (χ4v) is 4.15. The van der Waals surface area contributed by atoms with Gasteiger partial charge in [-0.1, -0.05) is 29.5 Å². The predicted molar refractivity (Wildman–Crippen MR) is 89.5 cm³/mol. The summed E-state index contributed by atoms with van der Waals surface area (Å²) in [5.74, 6) is -1.09. The lowest BCUT2D eigenvalue weighted by Gasteiger charge is -2.24. The maximum absolute atomic E-state index is 11.9. The second kappa shape index (κ2) is 6.07. The Labute approximate surface area is 145 Å². The van der Waals surface area contributed by atoms with E-state index in [0.717, 1.165) is 36.9 Å². The minimum Gasteiger partial charge on any atom is -0.476 e. The van der Waals surface area contributed by atoms with Gasteiger partial charge in [0.25, 0.3) is 0 Å². The Hall–Kier alpha value is -2.54. The smallest absolute Gasteiger partial charge is 0.358 e. The molecule has 2 unspecified atom stereocenters. The molecule has 1 N–H and O–H groups in total. The molecule has 0 amide bonds. The number of carboxylic acid groups (broad SMARTS) is 1. The molecule has 2 fully saturated rings. The summed E-state index contributed by atoms with van der Waals surface area (Å²) in [5, 5.41) is 16.3. The number of aromatic nitrogens is 3. The molecule has 2 aliphatic rings. The third kappa shape index (κ3) is 2.84. The zero-order valence-electron chi connectivity index (χ0n) is 13.8. The number of fused-ring (bicyclic) bond motifs is 1. The first kappa shape index (κ1) is 16.0. The largest absolute Gasteiger partial charge is 0.476 e. The van der Waals surface area contributed by atoms with Crippen molar-refractivity contribution < 1.29 is 14.7 Å². The van der Waals surface area contributed by atoms with Gasteiger partial charge in [-0.05, 0) is 36.9 Å². The summed E-state index contributed by atoms with van der Waals surface area (Å²) in [5.41, 5.74) is 1.59. The molecular formula is C18H20N4O3. The van der Waals surface area contributed by atoms with Crippen molar-refractivity contribution in [3.05, 3.63) is 47.3 Å². The molecule has 2 atom stereocenters. The standard InChI is InChI=1S/C18H20N4O3/c23-12-18(8-15-2-1-7-21(15)11-18)14-5-3-13(4-6-14)9-22-10-16(17(24)25)19-20-22/h3-6,10,12,15H,1-2,7-9,11H2,(H,24,25). The second-order valence-electron chi connectivity index (χ2n) is 7.05. The summed E-state index contributed by atoms with van der Waals surface area (Å²) in [6.07, 6.45) is 5.85. The van der Waals surface area contributed by atoms with Crippen LogP contribution in [-0.4, -0.2) is 56.4 Å². The number of hydrogen-bond donors (Lipinski definition) is 1. The Kier molecular flexibility index (Phi) is 3.88. The van der Waals surface area contributed by atoms with Crippen molar-refractivity contribution in [3.8, 4) is 0 Å². The highest BCUT2D eigenvalue weighted by Crippen LogP contribution is 2.40. The van der Waals surface area contributed by atoms with Gasteiger partial charge in [-0.3, -0.25) is 4.90 Å². The highest BCUT2D eigenvalue weighted by atomic mass is 16.4. The molecule has 4 rings (SSSR count). The van der Waals surface area contributed by atoms with Crippen LogP contribution in [0.2, 0.25) is 0 Å². The topological polar surface area (TPSA) is 88.3 Å². The quantitative estimate of drug-likeness (QED) is 0.826. The third-order valence-electron chi connectivity index (χ3n) is 5.44. The van der Waals surface area contributed by atoms with E-state index in [2.05, 4.69) is 15.2 Å². The van der Waals surface area contributed by atoms with Crippen LogP contribution in [0.1, 0.15) is 40.9 Å². The average molecular weight is 340 g/mol. The number of hydrogen-bond acceptors (Lipinski definition) is 5. The molecule has 25 heavy (non-hydrogen) atoms. The molecule has 0 radical (unpaired) electrons. The number of carboxylic acids is 1. The molecule has 0 bridgehead atoms. The monoisotopic (exact) mass is 340 g/mol. The molecule has 2 aliphatic heterocycles. The zero-order chi connectivity index (χ0) is 17.4. The highest BCUT2D eigenvalue weighted by molar-refractivity contribution is 5.84. The van der Waals surface area contributed by atoms with Gasteiger partial charge in [-0.25, -0.2) is 9.48 Å². The summed E-state index contributed by atoms with van der Waals surface area (Å²) in [6.45, 7) is 2.35. The van der Waals surface area contributed by atoms with E-state index in [1.54, 1.807) is 0 Å². The average Bonchev–Trinajstić information content (AvgIpc) is 3.30. The van der Waals surface area contributed by atoms with Crippen molar-refractivity contribution in [1.82, 2.24) is 19.9 Å². The highest BCUT2D eigenvalue weighted by Gasteiger charge is 2.46. The first-order chi connectivity index (χ1) is 12.1. The lowest BCUT2D eigenvalue weighted by atomic mass is 9.79. The molecule has 1 aromatic carbocycles. The molecule has 2 saturated heterocycles. The maximum atomic E-state index is 11.9. The minimum absolute atomic E-state index is 0.0666. The van der Waals surface area contributed by atoms with Crippen molar-refractivity contribution in [3.63, 3.8) is 0 Å². The van der Waals surface area contributed by atoms with Gasteiger partial charge in [0.2, 0.25) is 0 Å². The Morgan fingerprint density at radius 1 is 1.36 bits per heavy atom. The Morgan fingerprint density at radius 3 is 2.80 bits per heavy atom. The van der Waals surface area contributed by atoms with Crippen LogP contribution < -0.4 is 0 Å². The van der Waals surface area contributed by atoms with E-state index < -0.39 is 11.4 Å². The zero-order valence-corrected chi connectivity index (χ0v) is 13.8. The van der Waals surface area contributed by atoms with Gasteiger partial charge in [0.05, 0.1) is 18.2 Å². The Balaban J connectivity index is 1.51. The molecular weight excluding hydrogens is 320 g/mol. The fraction of sp³-hybridized carbons (Fsp3) is 0.444. The number of rotatable bonds is 5. The summed E-state index contributed by atoms with van der Waals surface area (Å²) in [7, 11) is 0. The van der Waals surface area contributed by atoms with Gasteiger partial charge < -0.3 is 9.90 Å². The van der Waals surface area contributed by atoms with Crippen LogP contribution in [0, 0.1) is 0 Å². The number of aldehydes is 1. The van der Waals surface area contributed by atoms with Gasteiger partial charge in [-0.15, -0.1) is 5.10 Å². The molecule has 1 aromatic heterocycles. The van der Waals surface area contributed by atoms with Crippen LogP contribution in [0.15, 0.2) is 30.5 Å². The van der Waals surface area contributed by atoms with Crippen LogP contribution in [0.5, 0.6) is 0 Å². The van der Waals surface area contributed by atoms with Crippen molar-refractivity contribution >= 4 is 12.3 Å². The third-order valence-corrected chi connectivity index (χ3v) is 5.44. The van der Waals surface area contributed by atoms with E-state index in [1.165, 1.54) is 23.7 Å². The molecule has 7 nitrogen and oxygen atoms in total. The predicted octanol–water partition coefficient (Wildman–Crippen LogP) is 1.33.